The van der Waals surface area contributed by atoms with Crippen LogP contribution in [0, 0.1) is 6.92 Å². The highest BCUT2D eigenvalue weighted by atomic mass is 16.5. The third kappa shape index (κ3) is 3.97. The van der Waals surface area contributed by atoms with Crippen molar-refractivity contribution in [1.82, 2.24) is 10.3 Å². The first kappa shape index (κ1) is 17.6. The van der Waals surface area contributed by atoms with Crippen LogP contribution in [0.2, 0.25) is 0 Å². The van der Waals surface area contributed by atoms with Gasteiger partial charge >= 0.3 is 5.97 Å². The van der Waals surface area contributed by atoms with Crippen molar-refractivity contribution in [2.24, 2.45) is 0 Å². The largest absolute Gasteiger partial charge is 0.452 e. The van der Waals surface area contributed by atoms with Gasteiger partial charge in [0.2, 0.25) is 0 Å². The molecule has 0 saturated carbocycles. The van der Waals surface area contributed by atoms with Gasteiger partial charge in [-0.2, -0.15) is 0 Å². The zero-order valence-electron chi connectivity index (χ0n) is 13.8. The number of hydrogen-bond donors (Lipinski definition) is 1. The van der Waals surface area contributed by atoms with Crippen molar-refractivity contribution in [3.05, 3.63) is 53.7 Å². The second-order valence-electron chi connectivity index (χ2n) is 5.18. The fourth-order valence-electron chi connectivity index (χ4n) is 2.39. The van der Waals surface area contributed by atoms with Crippen molar-refractivity contribution in [3.8, 4) is 0 Å². The van der Waals surface area contributed by atoms with Crippen LogP contribution in [0.5, 0.6) is 0 Å². The Hall–Kier alpha value is -2.73. The molecule has 2 rings (SSSR count). The van der Waals surface area contributed by atoms with E-state index in [9.17, 15) is 9.59 Å². The molecule has 0 unspecified atom stereocenters. The van der Waals surface area contributed by atoms with Gasteiger partial charge in [-0.1, -0.05) is 24.3 Å². The molecule has 1 aromatic carbocycles. The number of methoxy groups -OCH3 is 1. The Kier molecular flexibility index (Phi) is 6.03. The number of hydrogen-bond acceptors (Lipinski definition) is 5. The molecule has 1 N–H and O–H groups in total. The molecule has 0 radical (unpaired) electrons. The molecule has 0 aliphatic rings. The van der Waals surface area contributed by atoms with Crippen LogP contribution in [0.1, 0.15) is 21.6 Å². The summed E-state index contributed by atoms with van der Waals surface area (Å²) >= 11 is 0. The first-order valence-corrected chi connectivity index (χ1v) is 7.50. The Morgan fingerprint density at radius 3 is 2.79 bits per heavy atom. The van der Waals surface area contributed by atoms with Crippen LogP contribution in [0.25, 0.3) is 10.9 Å². The lowest BCUT2D eigenvalue weighted by atomic mass is 10.0. The number of amides is 1. The van der Waals surface area contributed by atoms with E-state index in [2.05, 4.69) is 16.9 Å². The smallest absolute Gasteiger partial charge is 0.340 e. The SMILES string of the molecule is C=CCNC(=O)COC(=O)c1c(COC)nc2ccccc2c1C. The number of carbonyl (C=O) groups is 2. The number of carbonyl (C=O) groups excluding carboxylic acids is 2. The summed E-state index contributed by atoms with van der Waals surface area (Å²) < 4.78 is 10.3. The minimum absolute atomic E-state index is 0.179. The van der Waals surface area contributed by atoms with Crippen LogP contribution < -0.4 is 5.32 Å². The summed E-state index contributed by atoms with van der Waals surface area (Å²) in [6, 6.07) is 7.53. The highest BCUT2D eigenvalue weighted by Crippen LogP contribution is 2.24. The molecule has 1 amide bonds. The van der Waals surface area contributed by atoms with Crippen molar-refractivity contribution in [3.63, 3.8) is 0 Å². The Bertz CT molecular complexity index is 771. The van der Waals surface area contributed by atoms with Crippen molar-refractivity contribution in [1.29, 1.82) is 0 Å². The maximum Gasteiger partial charge on any atom is 0.340 e. The minimum atomic E-state index is -0.591. The molecule has 0 fully saturated rings. The molecular weight excluding hydrogens is 308 g/mol. The summed E-state index contributed by atoms with van der Waals surface area (Å²) in [5.41, 5.74) is 2.36. The lowest BCUT2D eigenvalue weighted by molar-refractivity contribution is -0.124. The van der Waals surface area contributed by atoms with E-state index in [0.717, 1.165) is 16.5 Å². The average molecular weight is 328 g/mol. The summed E-state index contributed by atoms with van der Waals surface area (Å²) in [6.45, 7) is 5.48. The first-order chi connectivity index (χ1) is 11.6. The normalized spacial score (nSPS) is 10.4. The fraction of sp³-hybridized carbons (Fsp3) is 0.278. The average Bonchev–Trinajstić information content (AvgIpc) is 2.58. The summed E-state index contributed by atoms with van der Waals surface area (Å²) in [7, 11) is 1.53. The standard InChI is InChI=1S/C18H20N2O4/c1-4-9-19-16(21)11-24-18(22)17-12(2)13-7-5-6-8-14(13)20-15(17)10-23-3/h4-8H,1,9-11H2,2-3H3,(H,19,21). The van der Waals surface area contributed by atoms with Gasteiger partial charge in [0.15, 0.2) is 6.61 Å². The van der Waals surface area contributed by atoms with E-state index in [1.807, 2.05) is 31.2 Å². The third-order valence-electron chi connectivity index (χ3n) is 3.49. The van der Waals surface area contributed by atoms with Crippen molar-refractivity contribution >= 4 is 22.8 Å². The Balaban J connectivity index is 2.30. The van der Waals surface area contributed by atoms with Gasteiger partial charge in [0.1, 0.15) is 0 Å². The van der Waals surface area contributed by atoms with Crippen LogP contribution in [-0.2, 0) is 20.9 Å². The second kappa shape index (κ2) is 8.21. The van der Waals surface area contributed by atoms with Gasteiger partial charge in [0, 0.05) is 19.0 Å². The number of nitrogens with zero attached hydrogens (tertiary/aromatic N) is 1. The number of pyridine rings is 1. The summed E-state index contributed by atoms with van der Waals surface area (Å²) in [4.78, 5) is 28.5. The molecule has 0 saturated heterocycles. The lowest BCUT2D eigenvalue weighted by Gasteiger charge is -2.13. The molecule has 1 heterocycles. The molecule has 6 heteroatoms. The van der Waals surface area contributed by atoms with E-state index >= 15 is 0 Å². The molecule has 0 aliphatic heterocycles. The van der Waals surface area contributed by atoms with Gasteiger partial charge < -0.3 is 14.8 Å². The number of nitrogens with one attached hydrogen (secondary N) is 1. The van der Waals surface area contributed by atoms with E-state index < -0.39 is 5.97 Å². The van der Waals surface area contributed by atoms with Crippen molar-refractivity contribution in [2.45, 2.75) is 13.5 Å². The predicted octanol–water partition coefficient (Wildman–Crippen LogP) is 2.15. The molecule has 0 atom stereocenters. The number of esters is 1. The number of benzene rings is 1. The molecule has 6 nitrogen and oxygen atoms in total. The molecule has 126 valence electrons. The second-order valence-corrected chi connectivity index (χ2v) is 5.18. The Labute approximate surface area is 140 Å². The number of aryl methyl sites for hydroxylation is 1. The van der Waals surface area contributed by atoms with Crippen LogP contribution in [0.4, 0.5) is 0 Å². The van der Waals surface area contributed by atoms with Gasteiger partial charge in [-0.05, 0) is 18.6 Å². The molecular formula is C18H20N2O4. The molecule has 0 aliphatic carbocycles. The highest BCUT2D eigenvalue weighted by Gasteiger charge is 2.20. The Morgan fingerprint density at radius 1 is 1.33 bits per heavy atom. The van der Waals surface area contributed by atoms with E-state index in [4.69, 9.17) is 9.47 Å². The maximum absolute atomic E-state index is 12.5. The third-order valence-corrected chi connectivity index (χ3v) is 3.49. The van der Waals surface area contributed by atoms with Crippen molar-refractivity contribution in [2.75, 3.05) is 20.3 Å². The van der Waals surface area contributed by atoms with Crippen LogP contribution >= 0.6 is 0 Å². The van der Waals surface area contributed by atoms with Gasteiger partial charge in [0.25, 0.3) is 5.91 Å². The topological polar surface area (TPSA) is 77.5 Å². The quantitative estimate of drug-likeness (QED) is 0.622. The lowest BCUT2D eigenvalue weighted by Crippen LogP contribution is -2.29. The van der Waals surface area contributed by atoms with E-state index in [1.165, 1.54) is 7.11 Å². The zero-order valence-corrected chi connectivity index (χ0v) is 13.8. The fourth-order valence-corrected chi connectivity index (χ4v) is 2.39. The van der Waals surface area contributed by atoms with Crippen molar-refractivity contribution < 1.29 is 19.1 Å². The van der Waals surface area contributed by atoms with Crippen LogP contribution in [0.15, 0.2) is 36.9 Å². The molecule has 0 spiro atoms. The predicted molar refractivity (Wildman–Crippen MR) is 90.7 cm³/mol. The Morgan fingerprint density at radius 2 is 2.08 bits per heavy atom. The number of aromatic nitrogens is 1. The molecule has 2 aromatic rings. The summed E-state index contributed by atoms with van der Waals surface area (Å²) in [6.07, 6.45) is 1.55. The van der Waals surface area contributed by atoms with Gasteiger partial charge in [-0.3, -0.25) is 4.79 Å². The number of ether oxygens (including phenoxy) is 2. The van der Waals surface area contributed by atoms with E-state index in [-0.39, 0.29) is 19.1 Å². The van der Waals surface area contributed by atoms with Gasteiger partial charge in [0.05, 0.1) is 23.4 Å². The van der Waals surface area contributed by atoms with Crippen LogP contribution in [0.3, 0.4) is 0 Å². The summed E-state index contributed by atoms with van der Waals surface area (Å²) in [5, 5.41) is 3.41. The number of para-hydroxylation sites is 1. The zero-order chi connectivity index (χ0) is 17.5. The van der Waals surface area contributed by atoms with E-state index in [0.29, 0.717) is 17.8 Å². The summed E-state index contributed by atoms with van der Waals surface area (Å²) in [5.74, 6) is -0.977. The monoisotopic (exact) mass is 328 g/mol. The molecule has 24 heavy (non-hydrogen) atoms. The van der Waals surface area contributed by atoms with Gasteiger partial charge in [-0.15, -0.1) is 6.58 Å². The van der Waals surface area contributed by atoms with E-state index in [1.54, 1.807) is 6.08 Å². The molecule has 1 aromatic heterocycles. The maximum atomic E-state index is 12.5. The first-order valence-electron chi connectivity index (χ1n) is 7.50. The highest BCUT2D eigenvalue weighted by molar-refractivity contribution is 5.99. The van der Waals surface area contributed by atoms with Gasteiger partial charge in [-0.25, -0.2) is 9.78 Å². The number of rotatable bonds is 7. The number of fused-ring (bicyclic) bond motifs is 1. The molecule has 0 bridgehead atoms. The van der Waals surface area contributed by atoms with Crippen LogP contribution in [-0.4, -0.2) is 37.1 Å². The minimum Gasteiger partial charge on any atom is -0.452 e.